The molecule has 2 atom stereocenters. The predicted octanol–water partition coefficient (Wildman–Crippen LogP) is 2.31. The van der Waals surface area contributed by atoms with E-state index < -0.39 is 11.9 Å². The molecule has 29 heavy (non-hydrogen) atoms. The summed E-state index contributed by atoms with van der Waals surface area (Å²) in [4.78, 5) is 30.8. The van der Waals surface area contributed by atoms with Crippen LogP contribution in [0.15, 0.2) is 36.5 Å². The number of carbonyl (C=O) groups is 2. The van der Waals surface area contributed by atoms with Crippen LogP contribution in [0.25, 0.3) is 16.6 Å². The molecule has 0 radical (unpaired) electrons. The summed E-state index contributed by atoms with van der Waals surface area (Å²) in [7, 11) is 0. The third-order valence-electron chi connectivity index (χ3n) is 6.15. The van der Waals surface area contributed by atoms with Crippen LogP contribution in [-0.4, -0.2) is 55.0 Å². The van der Waals surface area contributed by atoms with Gasteiger partial charge in [0, 0.05) is 24.7 Å². The van der Waals surface area contributed by atoms with Gasteiger partial charge in [-0.2, -0.15) is 0 Å². The van der Waals surface area contributed by atoms with Gasteiger partial charge in [-0.15, -0.1) is 5.10 Å². The van der Waals surface area contributed by atoms with E-state index in [0.717, 1.165) is 29.4 Å². The highest BCUT2D eigenvalue weighted by Crippen LogP contribution is 2.44. The Balaban J connectivity index is 1.47. The number of carboxylic acid groups (broad SMARTS) is 1. The van der Waals surface area contributed by atoms with Crippen LogP contribution in [0.5, 0.6) is 0 Å². The second kappa shape index (κ2) is 6.65. The molecule has 0 spiro atoms. The zero-order valence-corrected chi connectivity index (χ0v) is 16.0. The normalized spacial score (nSPS) is 21.6. The molecule has 5 rings (SSSR count). The zero-order chi connectivity index (χ0) is 20.1. The molecule has 3 aromatic rings. The van der Waals surface area contributed by atoms with Crippen molar-refractivity contribution in [3.05, 3.63) is 47.9 Å². The monoisotopic (exact) mass is 391 g/mol. The predicted molar refractivity (Wildman–Crippen MR) is 105 cm³/mol. The number of hydrogen-bond donors (Lipinski definition) is 1. The summed E-state index contributed by atoms with van der Waals surface area (Å²) in [5.74, 6) is -1.10. The minimum atomic E-state index is -0.819. The van der Waals surface area contributed by atoms with Gasteiger partial charge in [-0.25, -0.2) is 4.68 Å². The van der Waals surface area contributed by atoms with Gasteiger partial charge >= 0.3 is 5.97 Å². The van der Waals surface area contributed by atoms with Gasteiger partial charge in [-0.3, -0.25) is 14.6 Å². The van der Waals surface area contributed by atoms with Crippen LogP contribution in [0.2, 0.25) is 0 Å². The molecular weight excluding hydrogens is 370 g/mol. The van der Waals surface area contributed by atoms with Gasteiger partial charge in [0.1, 0.15) is 0 Å². The van der Waals surface area contributed by atoms with E-state index in [1.807, 2.05) is 37.3 Å². The van der Waals surface area contributed by atoms with Crippen molar-refractivity contribution in [2.24, 2.45) is 17.8 Å². The molecule has 1 aliphatic carbocycles. The molecule has 1 aliphatic heterocycles. The number of pyridine rings is 1. The maximum atomic E-state index is 13.1. The van der Waals surface area contributed by atoms with E-state index in [1.54, 1.807) is 15.8 Å². The topological polar surface area (TPSA) is 101 Å². The minimum Gasteiger partial charge on any atom is -0.481 e. The highest BCUT2D eigenvalue weighted by Gasteiger charge is 2.47. The van der Waals surface area contributed by atoms with E-state index in [9.17, 15) is 14.7 Å². The summed E-state index contributed by atoms with van der Waals surface area (Å²) in [6.45, 7) is 2.52. The molecule has 1 saturated carbocycles. The van der Waals surface area contributed by atoms with Crippen molar-refractivity contribution in [1.29, 1.82) is 0 Å². The van der Waals surface area contributed by atoms with Crippen LogP contribution in [-0.2, 0) is 4.79 Å². The van der Waals surface area contributed by atoms with E-state index in [4.69, 9.17) is 0 Å². The standard InChI is InChI=1S/C21H21N5O3/c1-12-19(20(27)25-10-15(13-7-8-13)16(11-25)21(28)29)23-24-26(12)18-6-2-5-17-14(18)4-3-9-22-17/h2-6,9,13,15-16H,7-8,10-11H2,1H3,(H,28,29)/t15-,16+/m1/s1. The lowest BCUT2D eigenvalue weighted by molar-refractivity contribution is -0.142. The molecular formula is C21H21N5O3. The lowest BCUT2D eigenvalue weighted by Gasteiger charge is -2.15. The lowest BCUT2D eigenvalue weighted by atomic mass is 9.92. The van der Waals surface area contributed by atoms with Gasteiger partial charge in [0.25, 0.3) is 5.91 Å². The summed E-state index contributed by atoms with van der Waals surface area (Å²) in [6, 6.07) is 9.55. The van der Waals surface area contributed by atoms with Crippen LogP contribution in [0, 0.1) is 24.7 Å². The van der Waals surface area contributed by atoms with Crippen molar-refractivity contribution in [1.82, 2.24) is 24.9 Å². The fourth-order valence-corrected chi connectivity index (χ4v) is 4.44. The first kappa shape index (κ1) is 17.8. The molecule has 1 N–H and O–H groups in total. The fraction of sp³-hybridized carbons (Fsp3) is 0.381. The number of benzene rings is 1. The van der Waals surface area contributed by atoms with Gasteiger partial charge in [0.2, 0.25) is 0 Å². The maximum absolute atomic E-state index is 13.1. The fourth-order valence-electron chi connectivity index (χ4n) is 4.44. The Hall–Kier alpha value is -3.29. The minimum absolute atomic E-state index is 0.0379. The number of aromatic nitrogens is 4. The van der Waals surface area contributed by atoms with Crippen molar-refractivity contribution in [2.45, 2.75) is 19.8 Å². The Kier molecular flexibility index (Phi) is 4.08. The Morgan fingerprint density at radius 2 is 1.97 bits per heavy atom. The van der Waals surface area contributed by atoms with E-state index in [0.29, 0.717) is 18.2 Å². The number of amides is 1. The van der Waals surface area contributed by atoms with Gasteiger partial charge in [0.15, 0.2) is 5.69 Å². The zero-order valence-electron chi connectivity index (χ0n) is 16.0. The molecule has 1 amide bonds. The van der Waals surface area contributed by atoms with Gasteiger partial charge in [-0.1, -0.05) is 11.3 Å². The number of aliphatic carboxylic acids is 1. The van der Waals surface area contributed by atoms with Crippen LogP contribution in [0.3, 0.4) is 0 Å². The van der Waals surface area contributed by atoms with Gasteiger partial charge in [0.05, 0.1) is 22.8 Å². The number of nitrogens with zero attached hydrogens (tertiary/aromatic N) is 5. The van der Waals surface area contributed by atoms with Crippen LogP contribution in [0.4, 0.5) is 0 Å². The molecule has 1 saturated heterocycles. The third-order valence-corrected chi connectivity index (χ3v) is 6.15. The first-order chi connectivity index (χ1) is 14.0. The van der Waals surface area contributed by atoms with E-state index >= 15 is 0 Å². The highest BCUT2D eigenvalue weighted by molar-refractivity contribution is 5.94. The maximum Gasteiger partial charge on any atom is 0.308 e. The molecule has 8 nitrogen and oxygen atoms in total. The quantitative estimate of drug-likeness (QED) is 0.732. The van der Waals surface area contributed by atoms with Crippen LogP contribution < -0.4 is 0 Å². The Bertz CT molecular complexity index is 1120. The summed E-state index contributed by atoms with van der Waals surface area (Å²) < 4.78 is 1.65. The second-order valence-corrected chi connectivity index (χ2v) is 7.94. The first-order valence-electron chi connectivity index (χ1n) is 9.83. The molecule has 2 aromatic heterocycles. The Morgan fingerprint density at radius 3 is 2.72 bits per heavy atom. The molecule has 2 aliphatic rings. The molecule has 1 aromatic carbocycles. The molecule has 3 heterocycles. The smallest absolute Gasteiger partial charge is 0.308 e. The molecule has 2 fully saturated rings. The van der Waals surface area contributed by atoms with E-state index in [2.05, 4.69) is 15.3 Å². The van der Waals surface area contributed by atoms with Gasteiger partial charge in [-0.05, 0) is 55.9 Å². The summed E-state index contributed by atoms with van der Waals surface area (Å²) in [5, 5.41) is 18.9. The number of carboxylic acids is 1. The van der Waals surface area contributed by atoms with Crippen molar-refractivity contribution in [2.75, 3.05) is 13.1 Å². The third kappa shape index (κ3) is 2.95. The number of likely N-dealkylation sites (tertiary alicyclic amines) is 1. The first-order valence-corrected chi connectivity index (χ1v) is 9.83. The van der Waals surface area contributed by atoms with E-state index in [1.165, 1.54) is 0 Å². The lowest BCUT2D eigenvalue weighted by Crippen LogP contribution is -2.30. The number of carbonyl (C=O) groups excluding carboxylic acids is 1. The summed E-state index contributed by atoms with van der Waals surface area (Å²) >= 11 is 0. The Labute approximate surface area is 167 Å². The molecule has 0 unspecified atom stereocenters. The summed E-state index contributed by atoms with van der Waals surface area (Å²) in [5.41, 5.74) is 2.55. The van der Waals surface area contributed by atoms with Crippen LogP contribution in [0.1, 0.15) is 29.0 Å². The largest absolute Gasteiger partial charge is 0.481 e. The highest BCUT2D eigenvalue weighted by atomic mass is 16.4. The summed E-state index contributed by atoms with van der Waals surface area (Å²) in [6.07, 6.45) is 3.85. The van der Waals surface area contributed by atoms with Gasteiger partial charge < -0.3 is 10.0 Å². The van der Waals surface area contributed by atoms with Crippen molar-refractivity contribution in [3.8, 4) is 5.69 Å². The van der Waals surface area contributed by atoms with Crippen LogP contribution >= 0.6 is 0 Å². The number of fused-ring (bicyclic) bond motifs is 1. The average Bonchev–Trinajstić information content (AvgIpc) is 3.36. The Morgan fingerprint density at radius 1 is 1.14 bits per heavy atom. The molecule has 148 valence electrons. The SMILES string of the molecule is Cc1c(C(=O)N2C[C@H](C(=O)O)[C@@H](C3CC3)C2)nnn1-c1cccc2ncccc12. The molecule has 8 heteroatoms. The number of hydrogen-bond acceptors (Lipinski definition) is 5. The number of rotatable bonds is 4. The van der Waals surface area contributed by atoms with E-state index in [-0.39, 0.29) is 24.1 Å². The van der Waals surface area contributed by atoms with Crippen molar-refractivity contribution in [3.63, 3.8) is 0 Å². The van der Waals surface area contributed by atoms with Crippen molar-refractivity contribution >= 4 is 22.8 Å². The van der Waals surface area contributed by atoms with Crippen molar-refractivity contribution < 1.29 is 14.7 Å². The molecule has 0 bridgehead atoms. The second-order valence-electron chi connectivity index (χ2n) is 7.94. The average molecular weight is 391 g/mol.